The van der Waals surface area contributed by atoms with Gasteiger partial charge in [-0.25, -0.2) is 4.58 Å². The molecule has 1 aromatic rings. The number of carbonyl (C=O) groups is 2. The molecule has 2 saturated heterocycles. The Labute approximate surface area is 313 Å². The van der Waals surface area contributed by atoms with Crippen LogP contribution < -0.4 is 0 Å². The highest BCUT2D eigenvalue weighted by atomic mass is 16.7. The molecule has 1 N–H and O–H groups in total. The lowest BCUT2D eigenvalue weighted by molar-refractivity contribution is -0.473. The number of fused-ring (bicyclic) bond motifs is 1. The number of hydrogen-bond donors (Lipinski definition) is 1. The summed E-state index contributed by atoms with van der Waals surface area (Å²) in [7, 11) is 5.42. The summed E-state index contributed by atoms with van der Waals surface area (Å²) in [6.45, 7) is 22.6. The predicted molar refractivity (Wildman–Crippen MR) is 204 cm³/mol. The van der Waals surface area contributed by atoms with Crippen molar-refractivity contribution in [2.45, 2.75) is 123 Å². The fourth-order valence-electron chi connectivity index (χ4n) is 8.45. The number of ketones is 1. The van der Waals surface area contributed by atoms with Crippen LogP contribution in [0.4, 0.5) is 0 Å². The molecule has 3 aliphatic heterocycles. The minimum absolute atomic E-state index is 0.0131. The molecule has 8 atom stereocenters. The Balaban J connectivity index is 1.65. The van der Waals surface area contributed by atoms with Gasteiger partial charge < -0.3 is 24.1 Å². The third-order valence-electron chi connectivity index (χ3n) is 11.4. The van der Waals surface area contributed by atoms with Gasteiger partial charge in [-0.2, -0.15) is 0 Å². The quantitative estimate of drug-likeness (QED) is 0.152. The van der Waals surface area contributed by atoms with Gasteiger partial charge in [0.1, 0.15) is 32.2 Å². The predicted octanol–water partition coefficient (Wildman–Crippen LogP) is 5.13. The van der Waals surface area contributed by atoms with Crippen LogP contribution in [0.15, 0.2) is 36.9 Å². The second-order valence-corrected chi connectivity index (χ2v) is 17.0. The minimum atomic E-state index is -1.50. The number of ether oxygens (including phenoxy) is 4. The first kappa shape index (κ1) is 42.3. The number of cyclic esters (lactones) is 1. The van der Waals surface area contributed by atoms with Gasteiger partial charge in [-0.15, -0.1) is 6.58 Å². The summed E-state index contributed by atoms with van der Waals surface area (Å²) in [5.74, 6) is -1.39. The lowest BCUT2D eigenvalue weighted by atomic mass is 9.73. The van der Waals surface area contributed by atoms with Crippen LogP contribution in [0.1, 0.15) is 85.3 Å². The molecule has 0 amide bonds. The number of carbonyl (C=O) groups excluding carboxylic acids is 2. The van der Waals surface area contributed by atoms with Gasteiger partial charge in [0.2, 0.25) is 0 Å². The second kappa shape index (κ2) is 18.2. The van der Waals surface area contributed by atoms with E-state index in [1.54, 1.807) is 27.0 Å². The summed E-state index contributed by atoms with van der Waals surface area (Å²) in [6.07, 6.45) is 2.31. The van der Waals surface area contributed by atoms with E-state index in [1.807, 2.05) is 32.5 Å². The maximum Gasteiger partial charge on any atom is 0.319 e. The Bertz CT molecular complexity index is 1410. The topological polar surface area (TPSA) is 101 Å². The van der Waals surface area contributed by atoms with Crippen LogP contribution in [-0.4, -0.2) is 127 Å². The summed E-state index contributed by atoms with van der Waals surface area (Å²) in [5, 5.41) is 11.4. The van der Waals surface area contributed by atoms with Crippen LogP contribution in [0.5, 0.6) is 0 Å². The van der Waals surface area contributed by atoms with Gasteiger partial charge in [0.05, 0.1) is 24.0 Å². The first-order valence-corrected chi connectivity index (χ1v) is 19.4. The molecule has 0 bridgehead atoms. The smallest absolute Gasteiger partial charge is 0.319 e. The van der Waals surface area contributed by atoms with Crippen LogP contribution in [-0.2, 0) is 41.5 Å². The molecule has 2 fully saturated rings. The van der Waals surface area contributed by atoms with Crippen molar-refractivity contribution in [1.29, 1.82) is 0 Å². The molecule has 10 nitrogen and oxygen atoms in total. The summed E-state index contributed by atoms with van der Waals surface area (Å²) < 4.78 is 27.3. The average molecular weight is 727 g/mol. The van der Waals surface area contributed by atoms with Crippen molar-refractivity contribution in [3.05, 3.63) is 48.0 Å². The molecule has 4 rings (SSSR count). The lowest BCUT2D eigenvalue weighted by Gasteiger charge is -2.45. The second-order valence-electron chi connectivity index (χ2n) is 17.0. The monoisotopic (exact) mass is 727 g/mol. The number of hydrogen-bond acceptors (Lipinski definition) is 9. The van der Waals surface area contributed by atoms with E-state index in [1.165, 1.54) is 11.1 Å². The number of esters is 1. The highest BCUT2D eigenvalue weighted by Crippen LogP contribution is 2.38. The van der Waals surface area contributed by atoms with E-state index in [4.69, 9.17) is 18.9 Å². The van der Waals surface area contributed by atoms with Crippen molar-refractivity contribution in [2.24, 2.45) is 23.2 Å². The van der Waals surface area contributed by atoms with E-state index >= 15 is 0 Å². The van der Waals surface area contributed by atoms with Crippen LogP contribution in [0.25, 0.3) is 0 Å². The Morgan fingerprint density at radius 2 is 1.83 bits per heavy atom. The van der Waals surface area contributed by atoms with E-state index in [9.17, 15) is 14.7 Å². The molecule has 3 heterocycles. The lowest BCUT2D eigenvalue weighted by Crippen LogP contribution is -2.58. The molecule has 0 aromatic heterocycles. The number of methoxy groups -OCH3 is 1. The molecule has 0 aliphatic carbocycles. The Hall–Kier alpha value is -2.47. The number of aliphatic hydroxyl groups excluding tert-OH is 1. The van der Waals surface area contributed by atoms with Crippen molar-refractivity contribution < 1.29 is 38.2 Å². The van der Waals surface area contributed by atoms with E-state index in [2.05, 4.69) is 61.4 Å². The van der Waals surface area contributed by atoms with Gasteiger partial charge in [0, 0.05) is 39.3 Å². The zero-order chi connectivity index (χ0) is 38.4. The molecule has 0 spiro atoms. The molecule has 3 aliphatic rings. The molecule has 10 heteroatoms. The van der Waals surface area contributed by atoms with Crippen molar-refractivity contribution >= 4 is 17.5 Å². The van der Waals surface area contributed by atoms with Gasteiger partial charge in [-0.05, 0) is 82.9 Å². The molecule has 52 heavy (non-hydrogen) atoms. The van der Waals surface area contributed by atoms with Crippen molar-refractivity contribution in [3.63, 3.8) is 0 Å². The van der Waals surface area contributed by atoms with Crippen LogP contribution in [0, 0.1) is 23.2 Å². The Morgan fingerprint density at radius 3 is 2.46 bits per heavy atom. The minimum Gasteiger partial charge on any atom is -0.463 e. The molecule has 0 unspecified atom stereocenters. The van der Waals surface area contributed by atoms with E-state index in [0.717, 1.165) is 57.7 Å². The molecular weight excluding hydrogens is 658 g/mol. The van der Waals surface area contributed by atoms with Crippen molar-refractivity contribution in [2.75, 3.05) is 54.0 Å². The Kier molecular flexibility index (Phi) is 14.8. The SMILES string of the molecule is C=C[C@H]1C(=O)C(C)(C)C(=O)OC[C@H](CCCN2CCc3ccccc3C2)N(CC(C)C)C[C@H](C)C[C@@](C)(OC)[C@@H]1O[C@@H]1O[C@H](C)CC(=[N+](C)C)[C@H]1O. The number of rotatable bonds is 10. The molecule has 292 valence electrons. The largest absolute Gasteiger partial charge is 0.463 e. The first-order chi connectivity index (χ1) is 24.5. The first-order valence-electron chi connectivity index (χ1n) is 19.4. The van der Waals surface area contributed by atoms with Gasteiger partial charge >= 0.3 is 5.97 Å². The molecule has 0 radical (unpaired) electrons. The van der Waals surface area contributed by atoms with E-state index in [-0.39, 0.29) is 30.5 Å². The average Bonchev–Trinajstić information content (AvgIpc) is 3.09. The van der Waals surface area contributed by atoms with Crippen LogP contribution >= 0.6 is 0 Å². The van der Waals surface area contributed by atoms with Crippen LogP contribution in [0.3, 0.4) is 0 Å². The third kappa shape index (κ3) is 10.2. The highest BCUT2D eigenvalue weighted by Gasteiger charge is 2.52. The van der Waals surface area contributed by atoms with E-state index in [0.29, 0.717) is 18.8 Å². The molecule has 0 saturated carbocycles. The van der Waals surface area contributed by atoms with Gasteiger partial charge in [0.15, 0.2) is 23.9 Å². The number of benzene rings is 1. The number of nitrogens with zero attached hydrogens (tertiary/aromatic N) is 3. The summed E-state index contributed by atoms with van der Waals surface area (Å²) >= 11 is 0. The maximum absolute atomic E-state index is 14.6. The molecular formula is C42H68N3O7+. The molecule has 1 aromatic carbocycles. The standard InChI is InChI=1S/C42H68N3O7/c1-12-34-37(47)41(6,7)40(48)50-27-33(18-15-20-44-21-19-31-16-13-14-17-32(31)26-44)45(24-28(2)3)25-29(4)23-42(8,49-11)38(34)52-39-36(46)35(43(9)10)22-30(5)51-39/h12-14,16-17,28-30,33-34,36,38-39,46H,1,15,18-27H2,2-11H3/q+1/t29-,30-,33+,34+,36-,38-,39+,42-/m1/s1. The Morgan fingerprint density at radius 1 is 1.13 bits per heavy atom. The number of aliphatic hydroxyl groups is 1. The van der Waals surface area contributed by atoms with E-state index < -0.39 is 41.4 Å². The summed E-state index contributed by atoms with van der Waals surface area (Å²) in [5.41, 5.74) is 1.13. The fraction of sp³-hybridized carbons (Fsp3) is 0.738. The third-order valence-corrected chi connectivity index (χ3v) is 11.4. The van der Waals surface area contributed by atoms with Crippen LogP contribution in [0.2, 0.25) is 0 Å². The van der Waals surface area contributed by atoms with Crippen molar-refractivity contribution in [1.82, 2.24) is 9.80 Å². The van der Waals surface area contributed by atoms with Gasteiger partial charge in [0.25, 0.3) is 0 Å². The van der Waals surface area contributed by atoms with Gasteiger partial charge in [-0.1, -0.05) is 51.1 Å². The zero-order valence-electron chi connectivity index (χ0n) is 33.7. The highest BCUT2D eigenvalue weighted by molar-refractivity contribution is 6.05. The normalized spacial score (nSPS) is 32.7. The zero-order valence-corrected chi connectivity index (χ0v) is 33.7. The van der Waals surface area contributed by atoms with Crippen molar-refractivity contribution in [3.8, 4) is 0 Å². The number of Topliss-reactive ketones (excluding diaryl/α,β-unsaturated/α-hetero) is 1. The summed E-state index contributed by atoms with van der Waals surface area (Å²) in [6, 6.07) is 8.69. The maximum atomic E-state index is 14.6. The summed E-state index contributed by atoms with van der Waals surface area (Å²) in [4.78, 5) is 33.5. The van der Waals surface area contributed by atoms with Gasteiger partial charge in [-0.3, -0.25) is 19.4 Å². The fourth-order valence-corrected chi connectivity index (χ4v) is 8.45.